The van der Waals surface area contributed by atoms with Gasteiger partial charge in [0.2, 0.25) is 0 Å². The molecule has 1 aliphatic rings. The summed E-state index contributed by atoms with van der Waals surface area (Å²) in [6.07, 6.45) is 6.47. The smallest absolute Gasteiger partial charge is 0.316 e. The molecule has 1 aromatic heterocycles. The molecule has 0 aliphatic carbocycles. The molecule has 0 spiro atoms. The highest BCUT2D eigenvalue weighted by molar-refractivity contribution is 7.84. The lowest BCUT2D eigenvalue weighted by molar-refractivity contribution is 0.159. The molecule has 0 saturated carbocycles. The summed E-state index contributed by atoms with van der Waals surface area (Å²) in [4.78, 5) is 15.4. The maximum absolute atomic E-state index is 12.7. The number of hydrogen-bond donors (Lipinski definition) is 1. The van der Waals surface area contributed by atoms with Crippen LogP contribution in [-0.2, 0) is 17.8 Å². The Balaban J connectivity index is 1.74. The number of nitrogens with zero attached hydrogens (tertiary/aromatic N) is 3. The summed E-state index contributed by atoms with van der Waals surface area (Å²) in [6.45, 7) is 0.735. The zero-order valence-electron chi connectivity index (χ0n) is 13.9. The van der Waals surface area contributed by atoms with Gasteiger partial charge in [0.15, 0.2) is 0 Å². The first kappa shape index (κ1) is 16.7. The number of anilines is 1. The quantitative estimate of drug-likeness (QED) is 0.929. The molecule has 0 unspecified atom stereocenters. The third-order valence-electron chi connectivity index (χ3n) is 4.40. The van der Waals surface area contributed by atoms with Crippen molar-refractivity contribution in [1.29, 1.82) is 0 Å². The number of amides is 2. The second-order valence-electron chi connectivity index (χ2n) is 5.99. The summed E-state index contributed by atoms with van der Waals surface area (Å²) in [5.74, 6) is 0. The van der Waals surface area contributed by atoms with Gasteiger partial charge in [-0.2, -0.15) is 5.10 Å². The molecule has 2 amide bonds. The first-order valence-electron chi connectivity index (χ1n) is 8.05. The summed E-state index contributed by atoms with van der Waals surface area (Å²) >= 11 is 0. The Bertz CT molecular complexity index is 741. The van der Waals surface area contributed by atoms with E-state index in [4.69, 9.17) is 0 Å². The number of rotatable bonds is 3. The monoisotopic (exact) mass is 346 g/mol. The zero-order chi connectivity index (χ0) is 17.1. The van der Waals surface area contributed by atoms with E-state index in [0.29, 0.717) is 5.69 Å². The van der Waals surface area contributed by atoms with Gasteiger partial charge in [0.05, 0.1) is 11.7 Å². The molecular weight excluding hydrogens is 324 g/mol. The van der Waals surface area contributed by atoms with E-state index in [1.165, 1.54) is 0 Å². The molecule has 1 aromatic carbocycles. The van der Waals surface area contributed by atoms with Crippen LogP contribution in [0.5, 0.6) is 0 Å². The highest BCUT2D eigenvalue weighted by atomic mass is 32.2. The van der Waals surface area contributed by atoms with Crippen molar-refractivity contribution in [2.75, 3.05) is 18.1 Å². The molecule has 0 bridgehead atoms. The van der Waals surface area contributed by atoms with Gasteiger partial charge in [-0.05, 0) is 49.6 Å². The molecule has 2 heterocycles. The summed E-state index contributed by atoms with van der Waals surface area (Å²) in [7, 11) is 0.891. The van der Waals surface area contributed by atoms with Crippen LogP contribution in [0.1, 0.15) is 31.0 Å². The van der Waals surface area contributed by atoms with Gasteiger partial charge in [0, 0.05) is 47.4 Å². The third kappa shape index (κ3) is 3.51. The lowest BCUT2D eigenvalue weighted by Crippen LogP contribution is -2.41. The first-order chi connectivity index (χ1) is 11.6. The number of nitrogens with one attached hydrogen (secondary N) is 1. The van der Waals surface area contributed by atoms with E-state index in [-0.39, 0.29) is 12.1 Å². The summed E-state index contributed by atoms with van der Waals surface area (Å²) < 4.78 is 13.3. The number of carbonyl (C=O) groups excluding carboxylic acids is 1. The average molecular weight is 346 g/mol. The molecule has 0 radical (unpaired) electrons. The maximum Gasteiger partial charge on any atom is 0.322 e. The van der Waals surface area contributed by atoms with Gasteiger partial charge in [0.25, 0.3) is 0 Å². The highest BCUT2D eigenvalue weighted by Crippen LogP contribution is 2.31. The van der Waals surface area contributed by atoms with Gasteiger partial charge >= 0.3 is 6.03 Å². The van der Waals surface area contributed by atoms with Gasteiger partial charge < -0.3 is 10.2 Å². The van der Waals surface area contributed by atoms with Crippen molar-refractivity contribution in [2.24, 2.45) is 7.05 Å². The highest BCUT2D eigenvalue weighted by Gasteiger charge is 2.29. The number of piperidine rings is 1. The number of likely N-dealkylation sites (tertiary alicyclic amines) is 1. The number of hydrogen-bond acceptors (Lipinski definition) is 3. The van der Waals surface area contributed by atoms with E-state index in [2.05, 4.69) is 10.4 Å². The molecular formula is C17H22N4O2S. The van der Waals surface area contributed by atoms with Crippen LogP contribution < -0.4 is 5.32 Å². The summed E-state index contributed by atoms with van der Waals surface area (Å²) in [6, 6.07) is 9.05. The molecule has 2 atom stereocenters. The molecule has 2 aromatic rings. The Hall–Kier alpha value is -2.15. The minimum atomic E-state index is -1.02. The molecule has 24 heavy (non-hydrogen) atoms. The second kappa shape index (κ2) is 7.17. The fourth-order valence-corrected chi connectivity index (χ4v) is 3.64. The normalized spacial score (nSPS) is 19.1. The van der Waals surface area contributed by atoms with E-state index in [0.717, 1.165) is 36.4 Å². The van der Waals surface area contributed by atoms with Gasteiger partial charge in [0.1, 0.15) is 0 Å². The molecule has 1 N–H and O–H groups in total. The van der Waals surface area contributed by atoms with E-state index in [1.807, 2.05) is 22.7 Å². The lowest BCUT2D eigenvalue weighted by atomic mass is 9.99. The van der Waals surface area contributed by atoms with Crippen LogP contribution in [0.25, 0.3) is 0 Å². The van der Waals surface area contributed by atoms with Crippen molar-refractivity contribution >= 4 is 22.5 Å². The number of benzene rings is 1. The molecule has 1 fully saturated rings. The van der Waals surface area contributed by atoms with E-state index in [9.17, 15) is 9.00 Å². The van der Waals surface area contributed by atoms with Gasteiger partial charge in [-0.1, -0.05) is 0 Å². The maximum atomic E-state index is 12.7. The minimum Gasteiger partial charge on any atom is -0.316 e. The summed E-state index contributed by atoms with van der Waals surface area (Å²) in [5.41, 5.74) is 1.77. The van der Waals surface area contributed by atoms with Crippen molar-refractivity contribution in [3.05, 3.63) is 42.2 Å². The average Bonchev–Trinajstić information content (AvgIpc) is 3.01. The Morgan fingerprint density at radius 3 is 2.62 bits per heavy atom. The topological polar surface area (TPSA) is 67.2 Å². The van der Waals surface area contributed by atoms with Crippen LogP contribution in [0.2, 0.25) is 0 Å². The minimum absolute atomic E-state index is 0.0497. The molecule has 6 nitrogen and oxygen atoms in total. The predicted molar refractivity (Wildman–Crippen MR) is 94.3 cm³/mol. The van der Waals surface area contributed by atoms with Crippen molar-refractivity contribution in [1.82, 2.24) is 14.7 Å². The van der Waals surface area contributed by atoms with Gasteiger partial charge in [-0.25, -0.2) is 4.79 Å². The number of aryl methyl sites for hydroxylation is 1. The fraction of sp³-hybridized carbons (Fsp3) is 0.412. The second-order valence-corrected chi connectivity index (χ2v) is 7.37. The molecule has 7 heteroatoms. The zero-order valence-corrected chi connectivity index (χ0v) is 14.8. The van der Waals surface area contributed by atoms with Gasteiger partial charge in [-0.3, -0.25) is 8.89 Å². The van der Waals surface area contributed by atoms with Crippen LogP contribution in [0.15, 0.2) is 41.4 Å². The van der Waals surface area contributed by atoms with Crippen molar-refractivity contribution in [3.8, 4) is 0 Å². The van der Waals surface area contributed by atoms with E-state index >= 15 is 0 Å². The van der Waals surface area contributed by atoms with E-state index < -0.39 is 10.8 Å². The first-order valence-corrected chi connectivity index (χ1v) is 9.61. The van der Waals surface area contributed by atoms with Crippen LogP contribution in [0.3, 0.4) is 0 Å². The molecule has 1 saturated heterocycles. The molecule has 3 rings (SSSR count). The van der Waals surface area contributed by atoms with Crippen LogP contribution in [0, 0.1) is 0 Å². The lowest BCUT2D eigenvalue weighted by Gasteiger charge is -2.35. The Labute approximate surface area is 144 Å². The Morgan fingerprint density at radius 2 is 2.00 bits per heavy atom. The molecule has 128 valence electrons. The standard InChI is InChI=1S/C17H22N4O2S/c1-20-15(10-11-18-20)16-5-3-4-12-21(16)17(22)19-13-6-8-14(9-7-13)24(2)23/h6-11,16H,3-5,12H2,1-2H3,(H,19,22)/t16-,24+/m1/s1. The predicted octanol–water partition coefficient (Wildman–Crippen LogP) is 2.92. The van der Waals surface area contributed by atoms with Gasteiger partial charge in [-0.15, -0.1) is 0 Å². The largest absolute Gasteiger partial charge is 0.322 e. The van der Waals surface area contributed by atoms with Crippen LogP contribution in [0.4, 0.5) is 10.5 Å². The van der Waals surface area contributed by atoms with Crippen LogP contribution in [-0.4, -0.2) is 37.7 Å². The molecule has 1 aliphatic heterocycles. The Morgan fingerprint density at radius 1 is 1.25 bits per heavy atom. The Kier molecular flexibility index (Phi) is 4.99. The third-order valence-corrected chi connectivity index (χ3v) is 5.34. The van der Waals surface area contributed by atoms with Crippen molar-refractivity contribution < 1.29 is 9.00 Å². The van der Waals surface area contributed by atoms with Crippen molar-refractivity contribution in [3.63, 3.8) is 0 Å². The van der Waals surface area contributed by atoms with E-state index in [1.54, 1.807) is 36.7 Å². The number of aromatic nitrogens is 2. The van der Waals surface area contributed by atoms with Crippen molar-refractivity contribution in [2.45, 2.75) is 30.2 Å². The summed E-state index contributed by atoms with van der Waals surface area (Å²) in [5, 5.41) is 7.17. The number of carbonyl (C=O) groups is 1. The van der Waals surface area contributed by atoms with Crippen LogP contribution >= 0.6 is 0 Å². The fourth-order valence-electron chi connectivity index (χ4n) is 3.12. The SMILES string of the molecule is Cn1nccc1[C@H]1CCCCN1C(=O)Nc1ccc([S@](C)=O)cc1. The number of urea groups is 1.